The van der Waals surface area contributed by atoms with E-state index in [2.05, 4.69) is 19.2 Å². The first-order chi connectivity index (χ1) is 8.15. The molecule has 0 saturated heterocycles. The lowest BCUT2D eigenvalue weighted by atomic mass is 10.1. The maximum Gasteiger partial charge on any atom is 0.0454 e. The van der Waals surface area contributed by atoms with Gasteiger partial charge >= 0.3 is 0 Å². The zero-order valence-corrected chi connectivity index (χ0v) is 12.1. The standard InChI is InChI=1S/C14H21Cl2N/c1-3-4-5-6-9-17-11(2)13-10-12(15)7-8-14(13)16/h7-8,10-11,17H,3-6,9H2,1-2H3. The van der Waals surface area contributed by atoms with Gasteiger partial charge in [0.05, 0.1) is 0 Å². The maximum absolute atomic E-state index is 6.15. The van der Waals surface area contributed by atoms with Crippen LogP contribution in [-0.2, 0) is 0 Å². The van der Waals surface area contributed by atoms with Gasteiger partial charge in [0, 0.05) is 16.1 Å². The third-order valence-corrected chi connectivity index (χ3v) is 3.48. The molecule has 0 amide bonds. The van der Waals surface area contributed by atoms with Gasteiger partial charge in [-0.15, -0.1) is 0 Å². The quantitative estimate of drug-likeness (QED) is 0.672. The third-order valence-electron chi connectivity index (χ3n) is 2.91. The second-order valence-corrected chi connectivity index (χ2v) is 5.25. The monoisotopic (exact) mass is 273 g/mol. The number of unbranched alkanes of at least 4 members (excludes halogenated alkanes) is 3. The van der Waals surface area contributed by atoms with Gasteiger partial charge in [0.1, 0.15) is 0 Å². The Morgan fingerprint density at radius 3 is 2.65 bits per heavy atom. The predicted octanol–water partition coefficient (Wildman–Crippen LogP) is 5.22. The van der Waals surface area contributed by atoms with Gasteiger partial charge in [0.25, 0.3) is 0 Å². The zero-order chi connectivity index (χ0) is 12.7. The van der Waals surface area contributed by atoms with E-state index in [1.165, 1.54) is 25.7 Å². The Morgan fingerprint density at radius 2 is 1.94 bits per heavy atom. The van der Waals surface area contributed by atoms with Crippen LogP contribution in [0.3, 0.4) is 0 Å². The van der Waals surface area contributed by atoms with E-state index in [9.17, 15) is 0 Å². The summed E-state index contributed by atoms with van der Waals surface area (Å²) in [6, 6.07) is 5.87. The van der Waals surface area contributed by atoms with Crippen molar-refractivity contribution in [2.75, 3.05) is 6.54 Å². The molecule has 0 aliphatic carbocycles. The lowest BCUT2D eigenvalue weighted by molar-refractivity contribution is 0.537. The number of hydrogen-bond donors (Lipinski definition) is 1. The molecular weight excluding hydrogens is 253 g/mol. The molecule has 0 aliphatic rings. The summed E-state index contributed by atoms with van der Waals surface area (Å²) < 4.78 is 0. The molecule has 0 aromatic heterocycles. The van der Waals surface area contributed by atoms with Crippen LogP contribution in [0, 0.1) is 0 Å². The smallest absolute Gasteiger partial charge is 0.0454 e. The number of rotatable bonds is 7. The van der Waals surface area contributed by atoms with E-state index < -0.39 is 0 Å². The van der Waals surface area contributed by atoms with Gasteiger partial charge in [-0.1, -0.05) is 49.4 Å². The number of nitrogens with one attached hydrogen (secondary N) is 1. The zero-order valence-electron chi connectivity index (χ0n) is 10.6. The van der Waals surface area contributed by atoms with Gasteiger partial charge in [0.15, 0.2) is 0 Å². The van der Waals surface area contributed by atoms with Crippen LogP contribution in [0.15, 0.2) is 18.2 Å². The molecule has 3 heteroatoms. The highest BCUT2D eigenvalue weighted by Crippen LogP contribution is 2.26. The molecule has 1 unspecified atom stereocenters. The Bertz CT molecular complexity index is 339. The Hall–Kier alpha value is -0.240. The second-order valence-electron chi connectivity index (χ2n) is 4.40. The number of benzene rings is 1. The van der Waals surface area contributed by atoms with Crippen LogP contribution in [0.2, 0.25) is 10.0 Å². The minimum Gasteiger partial charge on any atom is -0.310 e. The summed E-state index contributed by atoms with van der Waals surface area (Å²) in [5, 5.41) is 5.00. The summed E-state index contributed by atoms with van der Waals surface area (Å²) in [6.45, 7) is 5.38. The Balaban J connectivity index is 2.41. The summed E-state index contributed by atoms with van der Waals surface area (Å²) in [7, 11) is 0. The summed E-state index contributed by atoms with van der Waals surface area (Å²) in [4.78, 5) is 0. The fourth-order valence-corrected chi connectivity index (χ4v) is 2.29. The van der Waals surface area contributed by atoms with Gasteiger partial charge in [-0.25, -0.2) is 0 Å². The Morgan fingerprint density at radius 1 is 1.18 bits per heavy atom. The molecule has 0 bridgehead atoms. The number of halogens is 2. The Labute approximate surface area is 115 Å². The average Bonchev–Trinajstić information content (AvgIpc) is 2.32. The fourth-order valence-electron chi connectivity index (χ4n) is 1.83. The molecule has 0 saturated carbocycles. The van der Waals surface area contributed by atoms with E-state index in [-0.39, 0.29) is 6.04 Å². The van der Waals surface area contributed by atoms with Crippen molar-refractivity contribution < 1.29 is 0 Å². The first kappa shape index (κ1) is 14.8. The first-order valence-corrected chi connectivity index (χ1v) is 7.09. The molecule has 0 radical (unpaired) electrons. The lowest BCUT2D eigenvalue weighted by Gasteiger charge is -2.16. The van der Waals surface area contributed by atoms with E-state index in [0.717, 1.165) is 22.2 Å². The molecule has 0 heterocycles. The van der Waals surface area contributed by atoms with Gasteiger partial charge in [-0.3, -0.25) is 0 Å². The van der Waals surface area contributed by atoms with E-state index in [0.29, 0.717) is 0 Å². The normalized spacial score (nSPS) is 12.7. The molecule has 0 fully saturated rings. The van der Waals surface area contributed by atoms with Crippen molar-refractivity contribution in [3.8, 4) is 0 Å². The van der Waals surface area contributed by atoms with Crippen molar-refractivity contribution in [2.45, 2.75) is 45.6 Å². The molecule has 0 aliphatic heterocycles. The third kappa shape index (κ3) is 5.29. The van der Waals surface area contributed by atoms with Crippen molar-refractivity contribution in [1.82, 2.24) is 5.32 Å². The van der Waals surface area contributed by atoms with Gasteiger partial charge in [0.2, 0.25) is 0 Å². The minimum absolute atomic E-state index is 0.253. The number of hydrogen-bond acceptors (Lipinski definition) is 1. The maximum atomic E-state index is 6.15. The Kier molecular flexibility index (Phi) is 6.94. The van der Waals surface area contributed by atoms with Crippen LogP contribution in [0.4, 0.5) is 0 Å². The van der Waals surface area contributed by atoms with Crippen molar-refractivity contribution >= 4 is 23.2 Å². The van der Waals surface area contributed by atoms with Crippen molar-refractivity contribution in [1.29, 1.82) is 0 Å². The van der Waals surface area contributed by atoms with Crippen LogP contribution in [0.5, 0.6) is 0 Å². The lowest BCUT2D eigenvalue weighted by Crippen LogP contribution is -2.20. The second kappa shape index (κ2) is 7.97. The largest absolute Gasteiger partial charge is 0.310 e. The molecule has 96 valence electrons. The van der Waals surface area contributed by atoms with E-state index in [1.807, 2.05) is 18.2 Å². The first-order valence-electron chi connectivity index (χ1n) is 6.33. The molecule has 1 rings (SSSR count). The topological polar surface area (TPSA) is 12.0 Å². The van der Waals surface area contributed by atoms with Gasteiger partial charge < -0.3 is 5.32 Å². The van der Waals surface area contributed by atoms with E-state index >= 15 is 0 Å². The summed E-state index contributed by atoms with van der Waals surface area (Å²) in [5.41, 5.74) is 1.08. The highest BCUT2D eigenvalue weighted by Gasteiger charge is 2.09. The van der Waals surface area contributed by atoms with Crippen LogP contribution in [0.25, 0.3) is 0 Å². The van der Waals surface area contributed by atoms with Crippen LogP contribution in [-0.4, -0.2) is 6.54 Å². The van der Waals surface area contributed by atoms with Crippen molar-refractivity contribution in [3.63, 3.8) is 0 Å². The highest BCUT2D eigenvalue weighted by molar-refractivity contribution is 6.33. The van der Waals surface area contributed by atoms with Crippen LogP contribution in [0.1, 0.15) is 51.1 Å². The summed E-state index contributed by atoms with van der Waals surface area (Å²) >= 11 is 12.1. The molecule has 1 nitrogen and oxygen atoms in total. The van der Waals surface area contributed by atoms with Crippen LogP contribution < -0.4 is 5.32 Å². The average molecular weight is 274 g/mol. The molecule has 1 N–H and O–H groups in total. The van der Waals surface area contributed by atoms with Gasteiger partial charge in [-0.2, -0.15) is 0 Å². The van der Waals surface area contributed by atoms with E-state index in [4.69, 9.17) is 23.2 Å². The van der Waals surface area contributed by atoms with Gasteiger partial charge in [-0.05, 0) is 43.7 Å². The molecule has 1 aromatic rings. The minimum atomic E-state index is 0.253. The van der Waals surface area contributed by atoms with Crippen LogP contribution >= 0.6 is 23.2 Å². The molecule has 1 aromatic carbocycles. The molecular formula is C14H21Cl2N. The molecule has 0 spiro atoms. The SMILES string of the molecule is CCCCCCNC(C)c1cc(Cl)ccc1Cl. The predicted molar refractivity (Wildman–Crippen MR) is 77.0 cm³/mol. The van der Waals surface area contributed by atoms with Crippen molar-refractivity contribution in [3.05, 3.63) is 33.8 Å². The van der Waals surface area contributed by atoms with E-state index in [1.54, 1.807) is 0 Å². The summed E-state index contributed by atoms with van der Waals surface area (Å²) in [5.74, 6) is 0. The molecule has 1 atom stereocenters. The fraction of sp³-hybridized carbons (Fsp3) is 0.571. The summed E-state index contributed by atoms with van der Waals surface area (Å²) in [6.07, 6.45) is 5.10. The highest BCUT2D eigenvalue weighted by atomic mass is 35.5. The van der Waals surface area contributed by atoms with Crippen molar-refractivity contribution in [2.24, 2.45) is 0 Å². The molecule has 17 heavy (non-hydrogen) atoms.